The van der Waals surface area contributed by atoms with Crippen molar-refractivity contribution < 1.29 is 4.74 Å². The molecule has 5 nitrogen and oxygen atoms in total. The van der Waals surface area contributed by atoms with Crippen LogP contribution in [0.15, 0.2) is 109 Å². The highest BCUT2D eigenvalue weighted by Gasteiger charge is 2.42. The van der Waals surface area contributed by atoms with E-state index in [2.05, 4.69) is 32.8 Å². The lowest BCUT2D eigenvalue weighted by atomic mass is 10.0. The van der Waals surface area contributed by atoms with E-state index in [1.165, 1.54) is 5.56 Å². The van der Waals surface area contributed by atoms with Crippen LogP contribution in [0.25, 0.3) is 5.69 Å². The molecule has 1 N–H and O–H groups in total. The van der Waals surface area contributed by atoms with Gasteiger partial charge in [-0.3, -0.25) is 4.98 Å². The van der Waals surface area contributed by atoms with Crippen molar-refractivity contribution >= 4 is 46.2 Å². The summed E-state index contributed by atoms with van der Waals surface area (Å²) in [5.41, 5.74) is 4.84. The fourth-order valence-corrected chi connectivity index (χ4v) is 5.73. The van der Waals surface area contributed by atoms with Crippen LogP contribution in [0.2, 0.25) is 10.0 Å². The van der Waals surface area contributed by atoms with Gasteiger partial charge in [0.2, 0.25) is 0 Å². The minimum absolute atomic E-state index is 0.193. The number of hydrogen-bond acceptors (Lipinski definition) is 3. The lowest BCUT2D eigenvalue weighted by Crippen LogP contribution is -2.30. The molecule has 0 amide bonds. The smallest absolute Gasteiger partial charge is 0.174 e. The van der Waals surface area contributed by atoms with E-state index in [-0.39, 0.29) is 12.1 Å². The molecule has 1 fully saturated rings. The van der Waals surface area contributed by atoms with Crippen LogP contribution in [0.3, 0.4) is 0 Å². The number of hydrogen-bond donors (Lipinski definition) is 1. The predicted octanol–water partition coefficient (Wildman–Crippen LogP) is 8.46. The number of nitrogens with zero attached hydrogens (tertiary/aromatic N) is 3. The Labute approximate surface area is 242 Å². The third kappa shape index (κ3) is 5.11. The van der Waals surface area contributed by atoms with Crippen LogP contribution in [0.1, 0.15) is 29.0 Å². The van der Waals surface area contributed by atoms with E-state index in [0.29, 0.717) is 15.2 Å². The number of pyridine rings is 1. The fraction of sp³-hybridized carbons (Fsp3) is 0.0968. The second kappa shape index (κ2) is 10.7. The third-order valence-corrected chi connectivity index (χ3v) is 7.57. The number of nitrogens with one attached hydrogen (secondary N) is 1. The predicted molar refractivity (Wildman–Crippen MR) is 161 cm³/mol. The Morgan fingerprint density at radius 3 is 2.31 bits per heavy atom. The van der Waals surface area contributed by atoms with E-state index in [1.54, 1.807) is 12.3 Å². The number of aryl methyl sites for hydroxylation is 1. The number of thiocarbonyl (C=S) groups is 1. The van der Waals surface area contributed by atoms with E-state index in [9.17, 15) is 0 Å². The number of rotatable bonds is 6. The number of aromatic nitrogens is 2. The van der Waals surface area contributed by atoms with Crippen LogP contribution in [-0.2, 0) is 0 Å². The fourth-order valence-electron chi connectivity index (χ4n) is 4.88. The average Bonchev–Trinajstić information content (AvgIpc) is 3.55. The molecule has 39 heavy (non-hydrogen) atoms. The van der Waals surface area contributed by atoms with Crippen LogP contribution in [0.5, 0.6) is 11.5 Å². The van der Waals surface area contributed by atoms with Crippen LogP contribution in [0.4, 0.5) is 5.69 Å². The van der Waals surface area contributed by atoms with Crippen molar-refractivity contribution in [2.75, 3.05) is 4.90 Å². The maximum absolute atomic E-state index is 6.64. The molecule has 2 aromatic heterocycles. The van der Waals surface area contributed by atoms with Crippen LogP contribution >= 0.6 is 35.4 Å². The number of ether oxygens (including phenoxy) is 1. The quantitative estimate of drug-likeness (QED) is 0.207. The van der Waals surface area contributed by atoms with Gasteiger partial charge in [-0.1, -0.05) is 47.0 Å². The van der Waals surface area contributed by atoms with Crippen LogP contribution in [0, 0.1) is 6.92 Å². The Balaban J connectivity index is 1.40. The molecule has 6 rings (SSSR count). The van der Waals surface area contributed by atoms with E-state index in [0.717, 1.165) is 34.3 Å². The van der Waals surface area contributed by atoms with Gasteiger partial charge in [0.25, 0.3) is 0 Å². The maximum Gasteiger partial charge on any atom is 0.174 e. The monoisotopic (exact) mass is 570 g/mol. The summed E-state index contributed by atoms with van der Waals surface area (Å²) in [6.45, 7) is 2.05. The summed E-state index contributed by atoms with van der Waals surface area (Å²) < 4.78 is 8.14. The van der Waals surface area contributed by atoms with Crippen LogP contribution in [-0.4, -0.2) is 14.7 Å². The Kier molecular flexibility index (Phi) is 7.00. The van der Waals surface area contributed by atoms with Crippen molar-refractivity contribution in [1.29, 1.82) is 0 Å². The summed E-state index contributed by atoms with van der Waals surface area (Å²) in [4.78, 5) is 6.79. The first-order valence-corrected chi connectivity index (χ1v) is 13.6. The normalized spacial score (nSPS) is 16.8. The molecule has 1 aliphatic rings. The van der Waals surface area contributed by atoms with Gasteiger partial charge in [-0.2, -0.15) is 0 Å². The zero-order chi connectivity index (χ0) is 26.9. The van der Waals surface area contributed by atoms with E-state index < -0.39 is 0 Å². The summed E-state index contributed by atoms with van der Waals surface area (Å²) in [7, 11) is 0. The first-order valence-electron chi connectivity index (χ1n) is 12.5. The van der Waals surface area contributed by atoms with E-state index >= 15 is 0 Å². The first kappa shape index (κ1) is 25.4. The summed E-state index contributed by atoms with van der Waals surface area (Å²) in [6, 6.07) is 31.1. The number of benzene rings is 3. The molecule has 3 aromatic carbocycles. The van der Waals surface area contributed by atoms with Gasteiger partial charge in [0.15, 0.2) is 5.11 Å². The zero-order valence-corrected chi connectivity index (χ0v) is 23.3. The minimum atomic E-state index is -0.210. The molecule has 0 unspecified atom stereocenters. The average molecular weight is 572 g/mol. The largest absolute Gasteiger partial charge is 0.457 e. The molecule has 1 aliphatic heterocycles. The molecule has 3 heterocycles. The van der Waals surface area contributed by atoms with Gasteiger partial charge in [-0.25, -0.2) is 0 Å². The van der Waals surface area contributed by atoms with E-state index in [4.69, 9.17) is 40.2 Å². The number of halogens is 2. The Hall–Kier alpha value is -3.84. The summed E-state index contributed by atoms with van der Waals surface area (Å²) in [5, 5.41) is 5.27. The molecule has 0 bridgehead atoms. The molecule has 1 saturated heterocycles. The van der Waals surface area contributed by atoms with Gasteiger partial charge in [0.1, 0.15) is 17.5 Å². The van der Waals surface area contributed by atoms with Crippen molar-refractivity contribution in [3.63, 3.8) is 0 Å². The highest BCUT2D eigenvalue weighted by Crippen LogP contribution is 2.43. The molecule has 0 radical (unpaired) electrons. The van der Waals surface area contributed by atoms with Crippen LogP contribution < -0.4 is 15.0 Å². The van der Waals surface area contributed by atoms with Crippen molar-refractivity contribution in [3.05, 3.63) is 136 Å². The SMILES string of the molecule is Cc1ccc(Oc2ccc(N3C(=S)N[C@H](c4ccccn4)[C@H]3c3cccn3-c3ccc(Cl)cc3Cl)cc2)cc1. The molecule has 5 aromatic rings. The van der Waals surface area contributed by atoms with Crippen molar-refractivity contribution in [1.82, 2.24) is 14.9 Å². The minimum Gasteiger partial charge on any atom is -0.457 e. The van der Waals surface area contributed by atoms with Gasteiger partial charge in [-0.05, 0) is 98.0 Å². The van der Waals surface area contributed by atoms with Gasteiger partial charge < -0.3 is 19.5 Å². The van der Waals surface area contributed by atoms with Crippen molar-refractivity contribution in [3.8, 4) is 17.2 Å². The molecular weight excluding hydrogens is 547 g/mol. The van der Waals surface area contributed by atoms with Crippen molar-refractivity contribution in [2.24, 2.45) is 0 Å². The second-order valence-electron chi connectivity index (χ2n) is 9.30. The van der Waals surface area contributed by atoms with Gasteiger partial charge in [0.05, 0.1) is 22.4 Å². The van der Waals surface area contributed by atoms with Gasteiger partial charge >= 0.3 is 0 Å². The molecule has 0 spiro atoms. The lowest BCUT2D eigenvalue weighted by Gasteiger charge is -2.29. The summed E-state index contributed by atoms with van der Waals surface area (Å²) in [6.07, 6.45) is 3.80. The Morgan fingerprint density at radius 1 is 0.872 bits per heavy atom. The molecule has 8 heteroatoms. The topological polar surface area (TPSA) is 42.3 Å². The lowest BCUT2D eigenvalue weighted by molar-refractivity contribution is 0.482. The second-order valence-corrected chi connectivity index (χ2v) is 10.5. The summed E-state index contributed by atoms with van der Waals surface area (Å²) >= 11 is 18.7. The standard InChI is InChI=1S/C31H24Cl2N4OS/c1-20-7-12-23(13-8-20)38-24-14-10-22(11-15-24)37-30(29(35-31(37)39)26-5-2-3-17-34-26)28-6-4-18-36(28)27-16-9-21(32)19-25(27)33/h2-19,29-30H,1H3,(H,35,39)/t29-,30-/m1/s1. The maximum atomic E-state index is 6.64. The van der Waals surface area contributed by atoms with Crippen molar-refractivity contribution in [2.45, 2.75) is 19.0 Å². The third-order valence-electron chi connectivity index (χ3n) is 6.72. The highest BCUT2D eigenvalue weighted by atomic mass is 35.5. The van der Waals surface area contributed by atoms with Gasteiger partial charge in [0, 0.05) is 28.8 Å². The molecule has 0 aliphatic carbocycles. The molecule has 0 saturated carbocycles. The zero-order valence-electron chi connectivity index (χ0n) is 21.0. The van der Waals surface area contributed by atoms with Gasteiger partial charge in [-0.15, -0.1) is 0 Å². The first-order chi connectivity index (χ1) is 19.0. The highest BCUT2D eigenvalue weighted by molar-refractivity contribution is 7.80. The molecular formula is C31H24Cl2N4OS. The Morgan fingerprint density at radius 2 is 1.62 bits per heavy atom. The Bertz CT molecular complexity index is 1620. The summed E-state index contributed by atoms with van der Waals surface area (Å²) in [5.74, 6) is 1.53. The molecule has 2 atom stereocenters. The molecule has 194 valence electrons. The van der Waals surface area contributed by atoms with E-state index in [1.807, 2.05) is 91.1 Å². The number of anilines is 1.